The molecular formula is C15H18N2O. The van der Waals surface area contributed by atoms with Crippen LogP contribution in [-0.4, -0.2) is 24.7 Å². The lowest BCUT2D eigenvalue weighted by Gasteiger charge is -2.29. The molecule has 1 aliphatic heterocycles. The van der Waals surface area contributed by atoms with Gasteiger partial charge in [-0.1, -0.05) is 12.1 Å². The highest BCUT2D eigenvalue weighted by atomic mass is 16.5. The normalized spacial score (nSPS) is 24.3. The molecule has 2 aromatic rings. The van der Waals surface area contributed by atoms with Crippen LogP contribution in [-0.2, 0) is 4.74 Å². The summed E-state index contributed by atoms with van der Waals surface area (Å²) in [5, 5.41) is 4.53. The summed E-state index contributed by atoms with van der Waals surface area (Å²) in [5.74, 6) is 0. The Balaban J connectivity index is 1.89. The Hall–Kier alpha value is -1.45. The molecule has 1 aliphatic rings. The predicted octanol–water partition coefficient (Wildman–Crippen LogP) is 2.67. The molecule has 1 fully saturated rings. The molecule has 1 N–H and O–H groups in total. The molecule has 0 saturated carbocycles. The topological polar surface area (TPSA) is 34.1 Å². The third-order valence-corrected chi connectivity index (χ3v) is 3.69. The fourth-order valence-corrected chi connectivity index (χ4v) is 2.59. The van der Waals surface area contributed by atoms with Crippen LogP contribution in [0.15, 0.2) is 36.5 Å². The van der Waals surface area contributed by atoms with E-state index in [0.717, 1.165) is 25.0 Å². The molecule has 2 unspecified atom stereocenters. The van der Waals surface area contributed by atoms with Crippen LogP contribution in [0.3, 0.4) is 0 Å². The van der Waals surface area contributed by atoms with E-state index in [0.29, 0.717) is 6.04 Å². The van der Waals surface area contributed by atoms with Crippen LogP contribution in [0.5, 0.6) is 0 Å². The smallest absolute Gasteiger partial charge is 0.0840 e. The van der Waals surface area contributed by atoms with Crippen molar-refractivity contribution >= 4 is 10.9 Å². The van der Waals surface area contributed by atoms with Crippen LogP contribution >= 0.6 is 0 Å². The fraction of sp³-hybridized carbons (Fsp3) is 0.400. The van der Waals surface area contributed by atoms with Crippen molar-refractivity contribution in [3.8, 4) is 0 Å². The van der Waals surface area contributed by atoms with Crippen molar-refractivity contribution in [1.82, 2.24) is 10.3 Å². The fourth-order valence-electron chi connectivity index (χ4n) is 2.59. The third kappa shape index (κ3) is 2.24. The van der Waals surface area contributed by atoms with Crippen molar-refractivity contribution < 1.29 is 4.74 Å². The number of hydrogen-bond acceptors (Lipinski definition) is 3. The van der Waals surface area contributed by atoms with Crippen LogP contribution in [0.25, 0.3) is 10.9 Å². The highest BCUT2D eigenvalue weighted by Crippen LogP contribution is 2.29. The quantitative estimate of drug-likeness (QED) is 0.879. The van der Waals surface area contributed by atoms with E-state index in [-0.39, 0.29) is 6.10 Å². The summed E-state index contributed by atoms with van der Waals surface area (Å²) in [6, 6.07) is 11.1. The second-order valence-corrected chi connectivity index (χ2v) is 4.82. The monoisotopic (exact) mass is 242 g/mol. The van der Waals surface area contributed by atoms with E-state index in [2.05, 4.69) is 34.6 Å². The summed E-state index contributed by atoms with van der Waals surface area (Å²) in [6.07, 6.45) is 4.18. The molecule has 3 nitrogen and oxygen atoms in total. The number of hydrogen-bond donors (Lipinski definition) is 1. The lowest BCUT2D eigenvalue weighted by Crippen LogP contribution is -2.33. The van der Waals surface area contributed by atoms with Gasteiger partial charge in [-0.2, -0.15) is 0 Å². The number of benzene rings is 1. The molecule has 3 heteroatoms. The first-order chi connectivity index (χ1) is 8.86. The van der Waals surface area contributed by atoms with Gasteiger partial charge >= 0.3 is 0 Å². The molecule has 1 aromatic carbocycles. The number of aromatic nitrogens is 1. The van der Waals surface area contributed by atoms with E-state index in [9.17, 15) is 0 Å². The Labute approximate surface area is 107 Å². The molecule has 0 amide bonds. The Morgan fingerprint density at radius 3 is 3.17 bits per heavy atom. The van der Waals surface area contributed by atoms with Crippen LogP contribution in [0.4, 0.5) is 0 Å². The molecule has 2 heterocycles. The predicted molar refractivity (Wildman–Crippen MR) is 72.5 cm³/mol. The second-order valence-electron chi connectivity index (χ2n) is 4.82. The summed E-state index contributed by atoms with van der Waals surface area (Å²) in [6.45, 7) is 0.835. The molecule has 1 aromatic heterocycles. The Kier molecular flexibility index (Phi) is 3.26. The van der Waals surface area contributed by atoms with Gasteiger partial charge < -0.3 is 10.1 Å². The molecule has 0 spiro atoms. The standard InChI is InChI=1S/C15H18N2O/c1-16-13-6-8-18-15(10-13)12-4-5-14-11(9-12)3-2-7-17-14/h2-5,7,9,13,15-16H,6,8,10H2,1H3. The van der Waals surface area contributed by atoms with Gasteiger partial charge in [0, 0.05) is 24.2 Å². The molecule has 3 rings (SSSR count). The van der Waals surface area contributed by atoms with Crippen molar-refractivity contribution in [3.63, 3.8) is 0 Å². The minimum atomic E-state index is 0.209. The second kappa shape index (κ2) is 5.04. The minimum Gasteiger partial charge on any atom is -0.373 e. The number of ether oxygens (including phenoxy) is 1. The molecule has 0 aliphatic carbocycles. The number of nitrogens with zero attached hydrogens (tertiary/aromatic N) is 1. The van der Waals surface area contributed by atoms with E-state index in [1.54, 1.807) is 0 Å². The van der Waals surface area contributed by atoms with Gasteiger partial charge in [0.05, 0.1) is 11.6 Å². The summed E-state index contributed by atoms with van der Waals surface area (Å²) in [7, 11) is 2.03. The molecule has 94 valence electrons. The molecule has 18 heavy (non-hydrogen) atoms. The third-order valence-electron chi connectivity index (χ3n) is 3.69. The molecule has 1 saturated heterocycles. The number of pyridine rings is 1. The SMILES string of the molecule is CNC1CCOC(c2ccc3ncccc3c2)C1. The zero-order valence-electron chi connectivity index (χ0n) is 10.6. The average molecular weight is 242 g/mol. The summed E-state index contributed by atoms with van der Waals surface area (Å²) < 4.78 is 5.88. The van der Waals surface area contributed by atoms with Crippen LogP contribution in [0.2, 0.25) is 0 Å². The molecular weight excluding hydrogens is 224 g/mol. The Morgan fingerprint density at radius 1 is 1.33 bits per heavy atom. The highest BCUT2D eigenvalue weighted by Gasteiger charge is 2.22. The summed E-state index contributed by atoms with van der Waals surface area (Å²) in [5.41, 5.74) is 2.30. The van der Waals surface area contributed by atoms with Crippen molar-refractivity contribution in [1.29, 1.82) is 0 Å². The van der Waals surface area contributed by atoms with E-state index in [1.807, 2.05) is 19.3 Å². The molecule has 0 radical (unpaired) electrons. The van der Waals surface area contributed by atoms with Gasteiger partial charge in [-0.3, -0.25) is 4.98 Å². The summed E-state index contributed by atoms with van der Waals surface area (Å²) >= 11 is 0. The first-order valence-corrected chi connectivity index (χ1v) is 6.50. The van der Waals surface area contributed by atoms with Gasteiger partial charge in [-0.05, 0) is 43.7 Å². The largest absolute Gasteiger partial charge is 0.373 e. The van der Waals surface area contributed by atoms with E-state index < -0.39 is 0 Å². The number of nitrogens with one attached hydrogen (secondary N) is 1. The van der Waals surface area contributed by atoms with Gasteiger partial charge in [0.15, 0.2) is 0 Å². The van der Waals surface area contributed by atoms with E-state index >= 15 is 0 Å². The van der Waals surface area contributed by atoms with Gasteiger partial charge in [-0.15, -0.1) is 0 Å². The van der Waals surface area contributed by atoms with Crippen molar-refractivity contribution in [2.24, 2.45) is 0 Å². The van der Waals surface area contributed by atoms with Gasteiger partial charge in [0.1, 0.15) is 0 Å². The Morgan fingerprint density at radius 2 is 2.28 bits per heavy atom. The Bertz CT molecular complexity index is 541. The maximum absolute atomic E-state index is 5.88. The van der Waals surface area contributed by atoms with Crippen LogP contribution in [0, 0.1) is 0 Å². The van der Waals surface area contributed by atoms with E-state index in [4.69, 9.17) is 4.74 Å². The zero-order chi connectivity index (χ0) is 12.4. The van der Waals surface area contributed by atoms with Crippen molar-refractivity contribution in [3.05, 3.63) is 42.1 Å². The van der Waals surface area contributed by atoms with Crippen molar-refractivity contribution in [2.75, 3.05) is 13.7 Å². The summed E-state index contributed by atoms with van der Waals surface area (Å²) in [4.78, 5) is 4.35. The zero-order valence-corrected chi connectivity index (χ0v) is 10.6. The maximum atomic E-state index is 5.88. The maximum Gasteiger partial charge on any atom is 0.0840 e. The van der Waals surface area contributed by atoms with Gasteiger partial charge in [0.25, 0.3) is 0 Å². The lowest BCUT2D eigenvalue weighted by molar-refractivity contribution is 0.00162. The lowest BCUT2D eigenvalue weighted by atomic mass is 9.96. The van der Waals surface area contributed by atoms with E-state index in [1.165, 1.54) is 10.9 Å². The van der Waals surface area contributed by atoms with Crippen molar-refractivity contribution in [2.45, 2.75) is 25.0 Å². The number of fused-ring (bicyclic) bond motifs is 1. The van der Waals surface area contributed by atoms with Gasteiger partial charge in [0.2, 0.25) is 0 Å². The van der Waals surface area contributed by atoms with Crippen LogP contribution < -0.4 is 5.32 Å². The van der Waals surface area contributed by atoms with Crippen LogP contribution in [0.1, 0.15) is 24.5 Å². The average Bonchev–Trinajstić information content (AvgIpc) is 2.47. The number of rotatable bonds is 2. The molecule has 2 atom stereocenters. The first-order valence-electron chi connectivity index (χ1n) is 6.50. The van der Waals surface area contributed by atoms with Gasteiger partial charge in [-0.25, -0.2) is 0 Å². The first kappa shape index (κ1) is 11.6. The highest BCUT2D eigenvalue weighted by molar-refractivity contribution is 5.79. The minimum absolute atomic E-state index is 0.209. The molecule has 0 bridgehead atoms.